The molecule has 170 valence electrons. The number of aryl methyl sites for hydroxylation is 2. The predicted molar refractivity (Wildman–Crippen MR) is 123 cm³/mol. The molecule has 1 saturated heterocycles. The Bertz CT molecular complexity index is 1230. The second kappa shape index (κ2) is 8.06. The van der Waals surface area contributed by atoms with E-state index >= 15 is 0 Å². The number of hydrogen-bond donors (Lipinski definition) is 2. The minimum absolute atomic E-state index is 0.229. The van der Waals surface area contributed by atoms with E-state index in [1.807, 2.05) is 31.2 Å². The Morgan fingerprint density at radius 3 is 2.67 bits per heavy atom. The second-order valence-electron chi connectivity index (χ2n) is 9.12. The van der Waals surface area contributed by atoms with Gasteiger partial charge in [0.25, 0.3) is 5.91 Å². The third-order valence-corrected chi connectivity index (χ3v) is 6.75. The summed E-state index contributed by atoms with van der Waals surface area (Å²) < 4.78 is 5.83. The van der Waals surface area contributed by atoms with Crippen LogP contribution in [-0.4, -0.2) is 29.3 Å². The minimum Gasteiger partial charge on any atom is -0.458 e. The molecular weight excluding hydrogens is 418 g/mol. The Morgan fingerprint density at radius 2 is 1.88 bits per heavy atom. The van der Waals surface area contributed by atoms with Gasteiger partial charge in [-0.1, -0.05) is 36.4 Å². The molecule has 1 aromatic heterocycles. The van der Waals surface area contributed by atoms with Crippen LogP contribution in [0.2, 0.25) is 0 Å². The quantitative estimate of drug-likeness (QED) is 0.582. The second-order valence-corrected chi connectivity index (χ2v) is 9.12. The van der Waals surface area contributed by atoms with Crippen LogP contribution in [0.1, 0.15) is 55.2 Å². The summed E-state index contributed by atoms with van der Waals surface area (Å²) in [5, 5.41) is 6.46. The zero-order chi connectivity index (χ0) is 23.2. The number of benzene rings is 2. The Kier molecular flexibility index (Phi) is 5.19. The molecule has 0 unspecified atom stereocenters. The highest BCUT2D eigenvalue weighted by Crippen LogP contribution is 2.33. The standard InChI is InChI=1S/C26H27N3O4/c1-16(18-12-11-17-7-3-4-8-19(17)13-18)27-23(30)15-29-24(31)26(2,28-25(29)32)22-14-20-9-5-6-10-21(20)33-22/h5-6,9-14,16H,3-4,7-8,15H2,1-2H3,(H,27,30)(H,28,32)/t16-,26-/m1/s1. The molecule has 0 saturated carbocycles. The molecule has 0 spiro atoms. The smallest absolute Gasteiger partial charge is 0.325 e. The predicted octanol–water partition coefficient (Wildman–Crippen LogP) is 3.96. The first kappa shape index (κ1) is 21.2. The van der Waals surface area contributed by atoms with Crippen molar-refractivity contribution in [1.82, 2.24) is 15.5 Å². The van der Waals surface area contributed by atoms with Gasteiger partial charge >= 0.3 is 6.03 Å². The van der Waals surface area contributed by atoms with Crippen LogP contribution in [0.15, 0.2) is 52.9 Å². The van der Waals surface area contributed by atoms with Gasteiger partial charge in [-0.25, -0.2) is 4.79 Å². The van der Waals surface area contributed by atoms with Crippen molar-refractivity contribution < 1.29 is 18.8 Å². The Labute approximate surface area is 192 Å². The molecule has 0 bridgehead atoms. The molecule has 2 aromatic carbocycles. The number of carbonyl (C=O) groups is 3. The number of hydrogen-bond acceptors (Lipinski definition) is 4. The molecule has 3 aromatic rings. The van der Waals surface area contributed by atoms with Crippen molar-refractivity contribution in [3.05, 3.63) is 71.0 Å². The number of carbonyl (C=O) groups excluding carboxylic acids is 3. The summed E-state index contributed by atoms with van der Waals surface area (Å²) in [5.41, 5.74) is 3.02. The van der Waals surface area contributed by atoms with E-state index in [4.69, 9.17) is 4.42 Å². The lowest BCUT2D eigenvalue weighted by Gasteiger charge is -2.21. The van der Waals surface area contributed by atoms with E-state index in [1.54, 1.807) is 19.1 Å². The first-order valence-corrected chi connectivity index (χ1v) is 11.4. The molecule has 2 aliphatic rings. The van der Waals surface area contributed by atoms with E-state index < -0.39 is 23.4 Å². The maximum Gasteiger partial charge on any atom is 0.325 e. The summed E-state index contributed by atoms with van der Waals surface area (Å²) in [7, 11) is 0. The van der Waals surface area contributed by atoms with E-state index in [2.05, 4.69) is 22.8 Å². The molecule has 1 aliphatic heterocycles. The first-order valence-electron chi connectivity index (χ1n) is 11.4. The van der Waals surface area contributed by atoms with Gasteiger partial charge < -0.3 is 15.1 Å². The van der Waals surface area contributed by atoms with Crippen molar-refractivity contribution in [1.29, 1.82) is 0 Å². The van der Waals surface area contributed by atoms with Crippen molar-refractivity contribution in [3.8, 4) is 0 Å². The lowest BCUT2D eigenvalue weighted by molar-refractivity contribution is -0.135. The zero-order valence-electron chi connectivity index (χ0n) is 18.8. The Morgan fingerprint density at radius 1 is 1.12 bits per heavy atom. The molecule has 2 atom stereocenters. The van der Waals surface area contributed by atoms with Gasteiger partial charge in [0.1, 0.15) is 17.9 Å². The molecule has 33 heavy (non-hydrogen) atoms. The molecule has 0 radical (unpaired) electrons. The summed E-state index contributed by atoms with van der Waals surface area (Å²) in [6.07, 6.45) is 4.57. The van der Waals surface area contributed by atoms with E-state index in [-0.39, 0.29) is 12.6 Å². The van der Waals surface area contributed by atoms with Crippen molar-refractivity contribution in [2.75, 3.05) is 6.54 Å². The molecule has 2 N–H and O–H groups in total. The van der Waals surface area contributed by atoms with Gasteiger partial charge in [0.05, 0.1) is 6.04 Å². The van der Waals surface area contributed by atoms with Gasteiger partial charge in [-0.15, -0.1) is 0 Å². The fraction of sp³-hybridized carbons (Fsp3) is 0.346. The zero-order valence-corrected chi connectivity index (χ0v) is 18.8. The van der Waals surface area contributed by atoms with Crippen LogP contribution < -0.4 is 10.6 Å². The van der Waals surface area contributed by atoms with E-state index in [1.165, 1.54) is 24.0 Å². The van der Waals surface area contributed by atoms with Gasteiger partial charge in [-0.3, -0.25) is 14.5 Å². The van der Waals surface area contributed by atoms with Crippen LogP contribution in [0.4, 0.5) is 4.79 Å². The van der Waals surface area contributed by atoms with E-state index in [0.29, 0.717) is 11.3 Å². The number of rotatable bonds is 5. The summed E-state index contributed by atoms with van der Waals surface area (Å²) in [5.74, 6) is -0.562. The van der Waals surface area contributed by atoms with E-state index in [0.717, 1.165) is 28.7 Å². The first-order chi connectivity index (χ1) is 15.8. The molecule has 1 fully saturated rings. The molecule has 5 rings (SSSR count). The van der Waals surface area contributed by atoms with Gasteiger partial charge in [0.15, 0.2) is 5.54 Å². The van der Waals surface area contributed by atoms with Crippen LogP contribution in [0.5, 0.6) is 0 Å². The Hall–Kier alpha value is -3.61. The van der Waals surface area contributed by atoms with E-state index in [9.17, 15) is 14.4 Å². The van der Waals surface area contributed by atoms with Crippen LogP contribution in [0.25, 0.3) is 11.0 Å². The maximum atomic E-state index is 13.2. The van der Waals surface area contributed by atoms with Crippen molar-refractivity contribution in [2.45, 2.75) is 51.1 Å². The lowest BCUT2D eigenvalue weighted by atomic mass is 9.89. The number of urea groups is 1. The van der Waals surface area contributed by atoms with Gasteiger partial charge in [0, 0.05) is 5.39 Å². The highest BCUT2D eigenvalue weighted by molar-refractivity contribution is 6.09. The monoisotopic (exact) mass is 445 g/mol. The minimum atomic E-state index is -1.36. The number of imide groups is 1. The number of nitrogens with zero attached hydrogens (tertiary/aromatic N) is 1. The summed E-state index contributed by atoms with van der Waals surface area (Å²) >= 11 is 0. The highest BCUT2D eigenvalue weighted by atomic mass is 16.3. The number of nitrogens with one attached hydrogen (secondary N) is 2. The summed E-state index contributed by atoms with van der Waals surface area (Å²) in [4.78, 5) is 39.5. The van der Waals surface area contributed by atoms with Gasteiger partial charge in [0.2, 0.25) is 5.91 Å². The molecule has 7 heteroatoms. The average molecular weight is 446 g/mol. The Balaban J connectivity index is 1.28. The topological polar surface area (TPSA) is 91.7 Å². The highest BCUT2D eigenvalue weighted by Gasteiger charge is 2.51. The number of fused-ring (bicyclic) bond motifs is 2. The summed E-state index contributed by atoms with van der Waals surface area (Å²) in [6.45, 7) is 3.15. The van der Waals surface area contributed by atoms with Crippen molar-refractivity contribution >= 4 is 28.8 Å². The SMILES string of the molecule is C[C@@H](NC(=O)CN1C(=O)N[C@](C)(c2cc3ccccc3o2)C1=O)c1ccc2c(c1)CCCC2. The van der Waals surface area contributed by atoms with Crippen LogP contribution in [0, 0.1) is 0 Å². The largest absolute Gasteiger partial charge is 0.458 e. The fourth-order valence-electron chi connectivity index (χ4n) is 4.77. The van der Waals surface area contributed by atoms with Crippen molar-refractivity contribution in [3.63, 3.8) is 0 Å². The van der Waals surface area contributed by atoms with Crippen LogP contribution in [-0.2, 0) is 28.0 Å². The summed E-state index contributed by atoms with van der Waals surface area (Å²) in [6, 6.07) is 14.6. The number of para-hydroxylation sites is 1. The average Bonchev–Trinajstić information content (AvgIpc) is 3.34. The van der Waals surface area contributed by atoms with Gasteiger partial charge in [-0.2, -0.15) is 0 Å². The van der Waals surface area contributed by atoms with Gasteiger partial charge in [-0.05, 0) is 68.4 Å². The van der Waals surface area contributed by atoms with Crippen molar-refractivity contribution in [2.24, 2.45) is 0 Å². The molecular formula is C26H27N3O4. The normalized spacial score (nSPS) is 21.1. The molecule has 7 nitrogen and oxygen atoms in total. The third kappa shape index (κ3) is 3.77. The number of amides is 4. The molecule has 1 aliphatic carbocycles. The fourth-order valence-corrected chi connectivity index (χ4v) is 4.77. The third-order valence-electron chi connectivity index (χ3n) is 6.75. The molecule has 4 amide bonds. The maximum absolute atomic E-state index is 13.2. The number of furan rings is 1. The van der Waals surface area contributed by atoms with Crippen LogP contribution in [0.3, 0.4) is 0 Å². The van der Waals surface area contributed by atoms with Crippen LogP contribution >= 0.6 is 0 Å². The molecule has 2 heterocycles. The lowest BCUT2D eigenvalue weighted by Crippen LogP contribution is -2.43.